The number of hydrogen-bond acceptors (Lipinski definition) is 5. The van der Waals surface area contributed by atoms with Crippen molar-refractivity contribution in [1.29, 1.82) is 5.26 Å². The van der Waals surface area contributed by atoms with Crippen LogP contribution in [0.15, 0.2) is 16.3 Å². The number of carbonyl (C=O) groups is 1. The molecule has 0 saturated heterocycles. The lowest BCUT2D eigenvalue weighted by Crippen LogP contribution is -2.39. The zero-order valence-electron chi connectivity index (χ0n) is 10.5. The molecule has 1 aromatic rings. The van der Waals surface area contributed by atoms with Gasteiger partial charge in [-0.3, -0.25) is 4.79 Å². The quantitative estimate of drug-likeness (QED) is 0.858. The van der Waals surface area contributed by atoms with Crippen LogP contribution in [-0.4, -0.2) is 36.4 Å². The second kappa shape index (κ2) is 6.14. The molecule has 0 bridgehead atoms. The van der Waals surface area contributed by atoms with Gasteiger partial charge in [0.05, 0.1) is 6.42 Å². The predicted octanol–water partition coefficient (Wildman–Crippen LogP) is 1.49. The van der Waals surface area contributed by atoms with Crippen molar-refractivity contribution in [2.75, 3.05) is 6.54 Å². The standard InChI is InChI=1S/C11H14N2O4S2/c1-3-13(8(2)6-10(14)15)19(16,17)11-5-4-9(7-12)18-11/h4-5,8H,3,6H2,1-2H3,(H,14,15). The Kier molecular flexibility index (Phi) is 5.05. The summed E-state index contributed by atoms with van der Waals surface area (Å²) in [5, 5.41) is 17.5. The van der Waals surface area contributed by atoms with E-state index in [9.17, 15) is 13.2 Å². The average molecular weight is 302 g/mol. The van der Waals surface area contributed by atoms with E-state index in [2.05, 4.69) is 0 Å². The van der Waals surface area contributed by atoms with Crippen LogP contribution in [0, 0.1) is 11.3 Å². The molecule has 0 spiro atoms. The summed E-state index contributed by atoms with van der Waals surface area (Å²) < 4.78 is 25.9. The second-order valence-corrected chi connectivity index (χ2v) is 7.09. The Bertz CT molecular complexity index is 600. The molecule has 1 heterocycles. The molecule has 0 aliphatic carbocycles. The molecule has 1 unspecified atom stereocenters. The van der Waals surface area contributed by atoms with E-state index >= 15 is 0 Å². The number of carboxylic acids is 1. The van der Waals surface area contributed by atoms with Crippen molar-refractivity contribution < 1.29 is 18.3 Å². The Labute approximate surface area is 115 Å². The van der Waals surface area contributed by atoms with Crippen LogP contribution >= 0.6 is 11.3 Å². The predicted molar refractivity (Wildman–Crippen MR) is 70.3 cm³/mol. The first-order valence-corrected chi connectivity index (χ1v) is 7.82. The van der Waals surface area contributed by atoms with Gasteiger partial charge in [-0.25, -0.2) is 8.42 Å². The van der Waals surface area contributed by atoms with Gasteiger partial charge in [-0.2, -0.15) is 9.57 Å². The van der Waals surface area contributed by atoms with Crippen LogP contribution < -0.4 is 0 Å². The third-order valence-electron chi connectivity index (χ3n) is 2.53. The summed E-state index contributed by atoms with van der Waals surface area (Å²) in [4.78, 5) is 11.0. The van der Waals surface area contributed by atoms with Gasteiger partial charge in [-0.1, -0.05) is 6.92 Å². The number of carboxylic acid groups (broad SMARTS) is 1. The maximum atomic E-state index is 12.3. The van der Waals surface area contributed by atoms with Crippen molar-refractivity contribution in [3.63, 3.8) is 0 Å². The maximum Gasteiger partial charge on any atom is 0.304 e. The fourth-order valence-electron chi connectivity index (χ4n) is 1.71. The number of nitriles is 1. The highest BCUT2D eigenvalue weighted by Gasteiger charge is 2.30. The Morgan fingerprint density at radius 1 is 1.58 bits per heavy atom. The molecule has 1 N–H and O–H groups in total. The molecular weight excluding hydrogens is 288 g/mol. The van der Waals surface area contributed by atoms with Crippen molar-refractivity contribution in [3.05, 3.63) is 17.0 Å². The van der Waals surface area contributed by atoms with Crippen LogP contribution in [0.3, 0.4) is 0 Å². The summed E-state index contributed by atoms with van der Waals surface area (Å²) >= 11 is 0.882. The normalized spacial score (nSPS) is 13.2. The minimum absolute atomic E-state index is 0.0585. The van der Waals surface area contributed by atoms with Gasteiger partial charge in [-0.05, 0) is 19.1 Å². The molecule has 8 heteroatoms. The lowest BCUT2D eigenvalue weighted by atomic mass is 10.2. The molecule has 19 heavy (non-hydrogen) atoms. The fourth-order valence-corrected chi connectivity index (χ4v) is 4.58. The van der Waals surface area contributed by atoms with Crippen LogP contribution in [0.1, 0.15) is 25.1 Å². The summed E-state index contributed by atoms with van der Waals surface area (Å²) in [6.45, 7) is 3.37. The third kappa shape index (κ3) is 3.53. The summed E-state index contributed by atoms with van der Waals surface area (Å²) in [6, 6.07) is 4.05. The van der Waals surface area contributed by atoms with E-state index in [1.54, 1.807) is 13.8 Å². The molecule has 104 valence electrons. The molecular formula is C11H14N2O4S2. The van der Waals surface area contributed by atoms with Crippen LogP contribution in [0.5, 0.6) is 0 Å². The van der Waals surface area contributed by atoms with Crippen LogP contribution in [0.25, 0.3) is 0 Å². The molecule has 0 amide bonds. The Morgan fingerprint density at radius 2 is 2.21 bits per heavy atom. The van der Waals surface area contributed by atoms with Crippen LogP contribution in [0.2, 0.25) is 0 Å². The maximum absolute atomic E-state index is 12.3. The summed E-state index contributed by atoms with van der Waals surface area (Å²) in [7, 11) is -3.75. The first-order chi connectivity index (χ1) is 8.82. The number of sulfonamides is 1. The molecule has 0 fully saturated rings. The van der Waals surface area contributed by atoms with E-state index in [1.165, 1.54) is 12.1 Å². The van der Waals surface area contributed by atoms with Crippen molar-refractivity contribution in [2.45, 2.75) is 30.5 Å². The average Bonchev–Trinajstić information content (AvgIpc) is 2.77. The van der Waals surface area contributed by atoms with E-state index < -0.39 is 22.0 Å². The van der Waals surface area contributed by atoms with Crippen LogP contribution in [0.4, 0.5) is 0 Å². The molecule has 0 saturated carbocycles. The molecule has 0 aliphatic heterocycles. The molecule has 1 aromatic heterocycles. The monoisotopic (exact) mass is 302 g/mol. The third-order valence-corrected chi connectivity index (χ3v) is 6.07. The number of thiophene rings is 1. The minimum Gasteiger partial charge on any atom is -0.481 e. The lowest BCUT2D eigenvalue weighted by molar-refractivity contribution is -0.137. The van der Waals surface area contributed by atoms with Gasteiger partial charge in [0.1, 0.15) is 15.2 Å². The van der Waals surface area contributed by atoms with E-state index in [0.29, 0.717) is 4.88 Å². The van der Waals surface area contributed by atoms with Crippen molar-refractivity contribution in [3.8, 4) is 6.07 Å². The smallest absolute Gasteiger partial charge is 0.304 e. The van der Waals surface area contributed by atoms with Gasteiger partial charge >= 0.3 is 5.97 Å². The van der Waals surface area contributed by atoms with Gasteiger partial charge in [0, 0.05) is 12.6 Å². The molecule has 1 rings (SSSR count). The topological polar surface area (TPSA) is 98.5 Å². The highest BCUT2D eigenvalue weighted by molar-refractivity contribution is 7.91. The summed E-state index contributed by atoms with van der Waals surface area (Å²) in [6.07, 6.45) is -0.260. The molecule has 0 radical (unpaired) electrons. The van der Waals surface area contributed by atoms with Crippen molar-refractivity contribution in [2.24, 2.45) is 0 Å². The Hall–Kier alpha value is -1.43. The minimum atomic E-state index is -3.75. The zero-order valence-corrected chi connectivity index (χ0v) is 12.2. The van der Waals surface area contributed by atoms with E-state index in [-0.39, 0.29) is 17.2 Å². The molecule has 1 atom stereocenters. The summed E-state index contributed by atoms with van der Waals surface area (Å²) in [5.41, 5.74) is 0. The Morgan fingerprint density at radius 3 is 2.63 bits per heavy atom. The number of nitrogens with zero attached hydrogens (tertiary/aromatic N) is 2. The number of hydrogen-bond donors (Lipinski definition) is 1. The largest absolute Gasteiger partial charge is 0.481 e. The lowest BCUT2D eigenvalue weighted by Gasteiger charge is -2.25. The van der Waals surface area contributed by atoms with Gasteiger partial charge < -0.3 is 5.11 Å². The molecule has 0 aliphatic rings. The van der Waals surface area contributed by atoms with E-state index in [4.69, 9.17) is 10.4 Å². The Balaban J connectivity index is 3.09. The summed E-state index contributed by atoms with van der Waals surface area (Å²) in [5.74, 6) is -1.05. The molecule has 6 nitrogen and oxygen atoms in total. The zero-order chi connectivity index (χ0) is 14.6. The first kappa shape index (κ1) is 15.6. The number of aliphatic carboxylic acids is 1. The SMILES string of the molecule is CCN(C(C)CC(=O)O)S(=O)(=O)c1ccc(C#N)s1. The van der Waals surface area contributed by atoms with Gasteiger partial charge in [0.15, 0.2) is 0 Å². The van der Waals surface area contributed by atoms with Crippen molar-refractivity contribution >= 4 is 27.3 Å². The fraction of sp³-hybridized carbons (Fsp3) is 0.455. The van der Waals surface area contributed by atoms with Gasteiger partial charge in [-0.15, -0.1) is 11.3 Å². The van der Waals surface area contributed by atoms with E-state index in [1.807, 2.05) is 6.07 Å². The van der Waals surface area contributed by atoms with Gasteiger partial charge in [0.2, 0.25) is 0 Å². The van der Waals surface area contributed by atoms with E-state index in [0.717, 1.165) is 15.6 Å². The van der Waals surface area contributed by atoms with Gasteiger partial charge in [0.25, 0.3) is 10.0 Å². The van der Waals surface area contributed by atoms with Crippen LogP contribution in [-0.2, 0) is 14.8 Å². The van der Waals surface area contributed by atoms with Crippen molar-refractivity contribution in [1.82, 2.24) is 4.31 Å². The highest BCUT2D eigenvalue weighted by Crippen LogP contribution is 2.26. The second-order valence-electron chi connectivity index (χ2n) is 3.89. The molecule has 0 aromatic carbocycles. The number of rotatable bonds is 6. The first-order valence-electron chi connectivity index (χ1n) is 5.56. The highest BCUT2D eigenvalue weighted by atomic mass is 32.2.